The van der Waals surface area contributed by atoms with E-state index in [1.54, 1.807) is 75.4 Å². The van der Waals surface area contributed by atoms with Crippen LogP contribution in [0.4, 0.5) is 15.8 Å². The van der Waals surface area contributed by atoms with Crippen LogP contribution in [0.15, 0.2) is 65.1 Å². The number of aryl methyl sites for hydroxylation is 1. The first-order chi connectivity index (χ1) is 17.1. The lowest BCUT2D eigenvalue weighted by Gasteiger charge is -2.14. The minimum Gasteiger partial charge on any atom is -0.324 e. The maximum Gasteiger partial charge on any atom is 0.228 e. The number of halogens is 1. The van der Waals surface area contributed by atoms with Gasteiger partial charge in [-0.3, -0.25) is 14.5 Å². The van der Waals surface area contributed by atoms with Gasteiger partial charge in [0.15, 0.2) is 0 Å². The van der Waals surface area contributed by atoms with Crippen molar-refractivity contribution < 1.29 is 9.18 Å². The number of amides is 1. The van der Waals surface area contributed by atoms with Crippen LogP contribution < -0.4 is 10.6 Å². The molecule has 2 heterocycles. The Hall–Kier alpha value is -4.65. The van der Waals surface area contributed by atoms with Crippen molar-refractivity contribution in [1.82, 2.24) is 14.8 Å². The van der Waals surface area contributed by atoms with E-state index in [1.165, 1.54) is 12.3 Å². The number of carbonyl (C=O) groups is 1. The summed E-state index contributed by atoms with van der Waals surface area (Å²) in [6.07, 6.45) is 6.29. The molecule has 0 aliphatic rings. The summed E-state index contributed by atoms with van der Waals surface area (Å²) in [5, 5.41) is 19.0. The third-order valence-corrected chi connectivity index (χ3v) is 5.32. The lowest BCUT2D eigenvalue weighted by molar-refractivity contribution is -0.115. The van der Waals surface area contributed by atoms with Crippen molar-refractivity contribution in [3.8, 4) is 6.07 Å². The monoisotopic (exact) mass is 486 g/mol. The van der Waals surface area contributed by atoms with Gasteiger partial charge in [-0.25, -0.2) is 14.4 Å². The fourth-order valence-electron chi connectivity index (χ4n) is 3.17. The number of nitriles is 1. The van der Waals surface area contributed by atoms with Crippen molar-refractivity contribution in [2.45, 2.75) is 32.6 Å². The molecule has 0 aliphatic carbocycles. The summed E-state index contributed by atoms with van der Waals surface area (Å²) in [6, 6.07) is 10.2. The smallest absolute Gasteiger partial charge is 0.228 e. The Morgan fingerprint density at radius 3 is 2.61 bits per heavy atom. The number of nitrogens with one attached hydrogen (secondary N) is 2. The summed E-state index contributed by atoms with van der Waals surface area (Å²) in [6.45, 7) is 8.82. The fourth-order valence-corrected chi connectivity index (χ4v) is 3.17. The Labute approximate surface area is 209 Å². The summed E-state index contributed by atoms with van der Waals surface area (Å²) in [5.74, 6) is -0.607. The number of guanidine groups is 1. The zero-order valence-electron chi connectivity index (χ0n) is 20.6. The van der Waals surface area contributed by atoms with E-state index in [-0.39, 0.29) is 23.9 Å². The summed E-state index contributed by atoms with van der Waals surface area (Å²) in [4.78, 5) is 24.8. The van der Waals surface area contributed by atoms with Gasteiger partial charge < -0.3 is 10.6 Å². The second kappa shape index (κ2) is 11.2. The van der Waals surface area contributed by atoms with Gasteiger partial charge in [-0.1, -0.05) is 12.1 Å². The molecule has 36 heavy (non-hydrogen) atoms. The highest BCUT2D eigenvalue weighted by Crippen LogP contribution is 2.22. The standard InChI is InChI=1S/C26H27FN8O/c1-17(12-31-25(29-4)34-21-14-32-35(5)15-21)18-6-7-19(22(27)10-18)11-24(36)33-20-8-9-23(30-13-20)26(2,3)16-28/h6-10,12-15H,4,11H2,1-3,5H3,(H,31,34)(H,33,36)/b17-12+. The summed E-state index contributed by atoms with van der Waals surface area (Å²) < 4.78 is 16.4. The van der Waals surface area contributed by atoms with E-state index in [4.69, 9.17) is 0 Å². The van der Waals surface area contributed by atoms with Crippen LogP contribution >= 0.6 is 0 Å². The number of rotatable bonds is 7. The molecule has 0 aliphatic heterocycles. The Morgan fingerprint density at radius 1 is 1.25 bits per heavy atom. The van der Waals surface area contributed by atoms with E-state index in [2.05, 4.69) is 43.5 Å². The van der Waals surface area contributed by atoms with Gasteiger partial charge in [0.25, 0.3) is 0 Å². The highest BCUT2D eigenvalue weighted by Gasteiger charge is 2.21. The predicted molar refractivity (Wildman–Crippen MR) is 139 cm³/mol. The third-order valence-electron chi connectivity index (χ3n) is 5.32. The number of hydrogen-bond donors (Lipinski definition) is 2. The van der Waals surface area contributed by atoms with E-state index >= 15 is 0 Å². The molecule has 2 aromatic heterocycles. The summed E-state index contributed by atoms with van der Waals surface area (Å²) in [5.41, 5.74) is 2.62. The number of aliphatic imine (C=N–C) groups is 2. The molecule has 3 aromatic rings. The van der Waals surface area contributed by atoms with Gasteiger partial charge in [-0.15, -0.1) is 0 Å². The zero-order chi connectivity index (χ0) is 26.3. The Balaban J connectivity index is 1.65. The topological polar surface area (TPSA) is 120 Å². The molecule has 0 saturated heterocycles. The number of nitrogens with zero attached hydrogens (tertiary/aromatic N) is 6. The second-order valence-electron chi connectivity index (χ2n) is 8.65. The Kier molecular flexibility index (Phi) is 8.07. The lowest BCUT2D eigenvalue weighted by Crippen LogP contribution is -2.18. The first kappa shape index (κ1) is 26.0. The number of benzene rings is 1. The van der Waals surface area contributed by atoms with Crippen LogP contribution in [0.2, 0.25) is 0 Å². The van der Waals surface area contributed by atoms with Crippen molar-refractivity contribution >= 4 is 35.5 Å². The predicted octanol–water partition coefficient (Wildman–Crippen LogP) is 4.47. The van der Waals surface area contributed by atoms with E-state index in [0.29, 0.717) is 28.2 Å². The molecule has 10 heteroatoms. The number of aromatic nitrogens is 3. The number of carbonyl (C=O) groups excluding carboxylic acids is 1. The molecule has 0 radical (unpaired) electrons. The molecule has 1 amide bonds. The van der Waals surface area contributed by atoms with Crippen LogP contribution in [-0.2, 0) is 23.7 Å². The van der Waals surface area contributed by atoms with Crippen LogP contribution in [0, 0.1) is 17.1 Å². The van der Waals surface area contributed by atoms with Crippen molar-refractivity contribution in [3.63, 3.8) is 0 Å². The Bertz CT molecular complexity index is 1360. The van der Waals surface area contributed by atoms with E-state index < -0.39 is 11.2 Å². The van der Waals surface area contributed by atoms with Crippen molar-refractivity contribution in [1.29, 1.82) is 5.26 Å². The summed E-state index contributed by atoms with van der Waals surface area (Å²) in [7, 11) is 1.79. The molecule has 9 nitrogen and oxygen atoms in total. The maximum atomic E-state index is 14.8. The average Bonchev–Trinajstić information content (AvgIpc) is 3.27. The largest absolute Gasteiger partial charge is 0.324 e. The molecule has 0 unspecified atom stereocenters. The van der Waals surface area contributed by atoms with E-state index in [9.17, 15) is 14.4 Å². The second-order valence-corrected chi connectivity index (χ2v) is 8.65. The zero-order valence-corrected chi connectivity index (χ0v) is 20.6. The van der Waals surface area contributed by atoms with Crippen LogP contribution in [0.25, 0.3) is 5.57 Å². The highest BCUT2D eigenvalue weighted by atomic mass is 19.1. The quantitative estimate of drug-likeness (QED) is 0.377. The van der Waals surface area contributed by atoms with E-state index in [0.717, 1.165) is 0 Å². The molecular weight excluding hydrogens is 459 g/mol. The van der Waals surface area contributed by atoms with Gasteiger partial charge in [0, 0.05) is 19.4 Å². The molecule has 0 bridgehead atoms. The first-order valence-corrected chi connectivity index (χ1v) is 11.0. The van der Waals surface area contributed by atoms with Crippen molar-refractivity contribution in [3.05, 3.63) is 77.8 Å². The van der Waals surface area contributed by atoms with Gasteiger partial charge in [-0.2, -0.15) is 10.4 Å². The van der Waals surface area contributed by atoms with Crippen molar-refractivity contribution in [2.75, 3.05) is 10.6 Å². The molecule has 0 atom stereocenters. The minimum atomic E-state index is -0.731. The van der Waals surface area contributed by atoms with Gasteiger partial charge in [0.2, 0.25) is 11.9 Å². The number of pyridine rings is 1. The highest BCUT2D eigenvalue weighted by molar-refractivity contribution is 5.97. The molecule has 1 aromatic carbocycles. The SMILES string of the molecule is C=N/C(=N\C=C(/C)c1ccc(CC(=O)Nc2ccc(C(C)(C)C#N)nc2)c(F)c1)Nc1cnn(C)c1. The maximum absolute atomic E-state index is 14.8. The molecular formula is C26H27FN8O. The average molecular weight is 487 g/mol. The molecule has 0 saturated carbocycles. The normalized spacial score (nSPS) is 12.1. The van der Waals surface area contributed by atoms with Crippen LogP contribution in [0.5, 0.6) is 0 Å². The number of hydrogen-bond acceptors (Lipinski definition) is 5. The van der Waals surface area contributed by atoms with Gasteiger partial charge >= 0.3 is 0 Å². The van der Waals surface area contributed by atoms with Crippen molar-refractivity contribution in [2.24, 2.45) is 17.0 Å². The number of anilines is 2. The van der Waals surface area contributed by atoms with Gasteiger partial charge in [0.05, 0.1) is 47.4 Å². The minimum absolute atomic E-state index is 0.141. The Morgan fingerprint density at radius 2 is 2.03 bits per heavy atom. The first-order valence-electron chi connectivity index (χ1n) is 11.0. The molecule has 3 rings (SSSR count). The summed E-state index contributed by atoms with van der Waals surface area (Å²) >= 11 is 0. The van der Waals surface area contributed by atoms with Crippen LogP contribution in [-0.4, -0.2) is 33.3 Å². The molecule has 0 fully saturated rings. The van der Waals surface area contributed by atoms with Crippen LogP contribution in [0.3, 0.4) is 0 Å². The van der Waals surface area contributed by atoms with Gasteiger partial charge in [-0.05, 0) is 62.4 Å². The molecule has 184 valence electrons. The van der Waals surface area contributed by atoms with E-state index in [1.807, 2.05) is 0 Å². The van der Waals surface area contributed by atoms with Gasteiger partial charge in [0.1, 0.15) is 5.82 Å². The molecule has 0 spiro atoms. The molecule has 2 N–H and O–H groups in total. The van der Waals surface area contributed by atoms with Crippen LogP contribution in [0.1, 0.15) is 37.6 Å². The third kappa shape index (κ3) is 6.70. The lowest BCUT2D eigenvalue weighted by atomic mass is 9.91. The number of allylic oxidation sites excluding steroid dienone is 1. The fraction of sp³-hybridized carbons (Fsp3) is 0.231.